The van der Waals surface area contributed by atoms with E-state index in [1.54, 1.807) is 25.2 Å². The molecule has 2 rings (SSSR count). The fraction of sp³-hybridized carbons (Fsp3) is 0.100. The van der Waals surface area contributed by atoms with Crippen molar-refractivity contribution in [2.45, 2.75) is 0 Å². The van der Waals surface area contributed by atoms with Crippen molar-refractivity contribution < 1.29 is 4.92 Å². The summed E-state index contributed by atoms with van der Waals surface area (Å²) in [5.74, 6) is 0.520. The summed E-state index contributed by atoms with van der Waals surface area (Å²) in [7, 11) is 1.69. The molecule has 98 valence electrons. The molecule has 0 atom stereocenters. The van der Waals surface area contributed by atoms with Crippen LogP contribution in [0.2, 0.25) is 5.15 Å². The second kappa shape index (κ2) is 5.72. The van der Waals surface area contributed by atoms with Gasteiger partial charge < -0.3 is 0 Å². The molecule has 9 heteroatoms. The van der Waals surface area contributed by atoms with Crippen molar-refractivity contribution in [2.24, 2.45) is 5.10 Å². The largest absolute Gasteiger partial charge is 0.324 e. The Morgan fingerprint density at radius 3 is 2.79 bits per heavy atom. The molecule has 2 heterocycles. The molecular formula is C10H8ClN5O2S. The molecule has 0 N–H and O–H groups in total. The molecule has 0 radical (unpaired) electrons. The average Bonchev–Trinajstić information content (AvgIpc) is 2.86. The molecular weight excluding hydrogens is 290 g/mol. The minimum Gasteiger partial charge on any atom is -0.258 e. The fourth-order valence-corrected chi connectivity index (χ4v) is 1.98. The third kappa shape index (κ3) is 3.46. The standard InChI is InChI=1S/C10H8ClN5O2S/c1-15(9-4-3-8(11)13-14-9)12-6-7-2-5-10(19-7)16(17)18/h2-6H,1H3/b12-6-. The highest BCUT2D eigenvalue weighted by Crippen LogP contribution is 2.22. The van der Waals surface area contributed by atoms with Crippen LogP contribution >= 0.6 is 22.9 Å². The van der Waals surface area contributed by atoms with Gasteiger partial charge in [-0.15, -0.1) is 10.2 Å². The number of thiophene rings is 1. The van der Waals surface area contributed by atoms with Crippen LogP contribution in [0.25, 0.3) is 0 Å². The lowest BCUT2D eigenvalue weighted by Crippen LogP contribution is -2.11. The van der Waals surface area contributed by atoms with Crippen LogP contribution in [0.15, 0.2) is 29.4 Å². The van der Waals surface area contributed by atoms with Gasteiger partial charge in [0.05, 0.1) is 16.0 Å². The number of rotatable bonds is 4. The van der Waals surface area contributed by atoms with Crippen LogP contribution in [0, 0.1) is 10.1 Å². The van der Waals surface area contributed by atoms with E-state index in [9.17, 15) is 10.1 Å². The van der Waals surface area contributed by atoms with Crippen molar-refractivity contribution in [3.63, 3.8) is 0 Å². The number of nitrogens with zero attached hydrogens (tertiary/aromatic N) is 5. The number of halogens is 1. The molecule has 0 amide bonds. The first kappa shape index (κ1) is 13.4. The highest BCUT2D eigenvalue weighted by molar-refractivity contribution is 7.16. The number of aromatic nitrogens is 2. The Morgan fingerprint density at radius 2 is 2.21 bits per heavy atom. The summed E-state index contributed by atoms with van der Waals surface area (Å²) >= 11 is 6.68. The average molecular weight is 298 g/mol. The lowest BCUT2D eigenvalue weighted by molar-refractivity contribution is -0.380. The summed E-state index contributed by atoms with van der Waals surface area (Å²) in [5.41, 5.74) is 0. The monoisotopic (exact) mass is 297 g/mol. The number of nitro groups is 1. The van der Waals surface area contributed by atoms with E-state index < -0.39 is 4.92 Å². The van der Waals surface area contributed by atoms with E-state index in [0.29, 0.717) is 15.8 Å². The summed E-state index contributed by atoms with van der Waals surface area (Å²) in [6, 6.07) is 6.34. The van der Waals surface area contributed by atoms with Crippen molar-refractivity contribution in [1.29, 1.82) is 0 Å². The van der Waals surface area contributed by atoms with Gasteiger partial charge >= 0.3 is 5.00 Å². The Labute approximate surface area is 117 Å². The Balaban J connectivity index is 2.08. The van der Waals surface area contributed by atoms with Crippen LogP contribution in [0.5, 0.6) is 0 Å². The van der Waals surface area contributed by atoms with Crippen molar-refractivity contribution >= 4 is 40.0 Å². The number of anilines is 1. The van der Waals surface area contributed by atoms with Crippen molar-refractivity contribution in [2.75, 3.05) is 12.1 Å². The first-order chi connectivity index (χ1) is 9.06. The maximum absolute atomic E-state index is 10.5. The maximum Gasteiger partial charge on any atom is 0.324 e. The van der Waals surface area contributed by atoms with Gasteiger partial charge in [0.25, 0.3) is 0 Å². The second-order valence-electron chi connectivity index (χ2n) is 3.42. The highest BCUT2D eigenvalue weighted by atomic mass is 35.5. The van der Waals surface area contributed by atoms with Crippen LogP contribution in [0.4, 0.5) is 10.8 Å². The second-order valence-corrected chi connectivity index (χ2v) is 4.90. The quantitative estimate of drug-likeness (QED) is 0.492. The number of hydrogen-bond donors (Lipinski definition) is 0. The van der Waals surface area contributed by atoms with Crippen molar-refractivity contribution in [3.8, 4) is 0 Å². The van der Waals surface area contributed by atoms with Gasteiger partial charge in [-0.25, -0.2) is 5.01 Å². The highest BCUT2D eigenvalue weighted by Gasteiger charge is 2.08. The first-order valence-electron chi connectivity index (χ1n) is 5.07. The molecule has 0 saturated carbocycles. The Kier molecular flexibility index (Phi) is 4.03. The van der Waals surface area contributed by atoms with Gasteiger partial charge in [0.2, 0.25) is 0 Å². The molecule has 2 aromatic heterocycles. The van der Waals surface area contributed by atoms with Gasteiger partial charge in [-0.3, -0.25) is 10.1 Å². The normalized spacial score (nSPS) is 10.8. The van der Waals surface area contributed by atoms with Crippen molar-refractivity contribution in [1.82, 2.24) is 10.2 Å². The Bertz CT molecular complexity index is 613. The molecule has 0 spiro atoms. The third-order valence-corrected chi connectivity index (χ3v) is 3.27. The first-order valence-corrected chi connectivity index (χ1v) is 6.27. The predicted octanol–water partition coefficient (Wildman–Crippen LogP) is 2.57. The van der Waals surface area contributed by atoms with E-state index >= 15 is 0 Å². The van der Waals surface area contributed by atoms with Crippen LogP contribution in [0.1, 0.15) is 4.88 Å². The molecule has 2 aromatic rings. The van der Waals surface area contributed by atoms with Crippen molar-refractivity contribution in [3.05, 3.63) is 44.4 Å². The molecule has 0 saturated heterocycles. The van der Waals surface area contributed by atoms with Gasteiger partial charge in [-0.2, -0.15) is 5.10 Å². The molecule has 0 bridgehead atoms. The molecule has 0 aliphatic rings. The van der Waals surface area contributed by atoms with Gasteiger partial charge in [-0.1, -0.05) is 22.9 Å². The molecule has 19 heavy (non-hydrogen) atoms. The topological polar surface area (TPSA) is 84.5 Å². The Morgan fingerprint density at radius 1 is 1.42 bits per heavy atom. The third-order valence-electron chi connectivity index (χ3n) is 2.10. The zero-order valence-electron chi connectivity index (χ0n) is 9.73. The zero-order chi connectivity index (χ0) is 13.8. The molecule has 0 unspecified atom stereocenters. The summed E-state index contributed by atoms with van der Waals surface area (Å²) in [6.45, 7) is 0. The van der Waals surface area contributed by atoms with Gasteiger partial charge in [0.1, 0.15) is 0 Å². The van der Waals surface area contributed by atoms with Crippen LogP contribution in [-0.4, -0.2) is 28.4 Å². The summed E-state index contributed by atoms with van der Waals surface area (Å²) in [4.78, 5) is 10.8. The van der Waals surface area contributed by atoms with Gasteiger partial charge in [0.15, 0.2) is 11.0 Å². The van der Waals surface area contributed by atoms with E-state index in [2.05, 4.69) is 15.3 Å². The predicted molar refractivity (Wildman–Crippen MR) is 74.0 cm³/mol. The molecule has 0 aromatic carbocycles. The van der Waals surface area contributed by atoms with E-state index in [-0.39, 0.29) is 5.00 Å². The van der Waals surface area contributed by atoms with Crippen LogP contribution < -0.4 is 5.01 Å². The van der Waals surface area contributed by atoms with E-state index in [1.807, 2.05) is 0 Å². The summed E-state index contributed by atoms with van der Waals surface area (Å²) in [5, 5.41) is 24.1. The van der Waals surface area contributed by atoms with Crippen LogP contribution in [0.3, 0.4) is 0 Å². The van der Waals surface area contributed by atoms with Gasteiger partial charge in [-0.05, 0) is 18.2 Å². The van der Waals surface area contributed by atoms with E-state index in [0.717, 1.165) is 11.3 Å². The number of hydrazone groups is 1. The lowest BCUT2D eigenvalue weighted by Gasteiger charge is -2.09. The maximum atomic E-state index is 10.5. The van der Waals surface area contributed by atoms with Gasteiger partial charge in [0, 0.05) is 13.1 Å². The Hall–Kier alpha value is -2.06. The van der Waals surface area contributed by atoms with E-state index in [4.69, 9.17) is 11.6 Å². The molecule has 7 nitrogen and oxygen atoms in total. The fourth-order valence-electron chi connectivity index (χ4n) is 1.19. The zero-order valence-corrected chi connectivity index (χ0v) is 11.3. The molecule has 0 aliphatic heterocycles. The smallest absolute Gasteiger partial charge is 0.258 e. The molecule has 0 aliphatic carbocycles. The molecule has 0 fully saturated rings. The summed E-state index contributed by atoms with van der Waals surface area (Å²) in [6.07, 6.45) is 1.52. The number of hydrogen-bond acceptors (Lipinski definition) is 7. The van der Waals surface area contributed by atoms with E-state index in [1.165, 1.54) is 17.3 Å². The SMILES string of the molecule is CN(/N=C\c1ccc([N+](=O)[O-])s1)c1ccc(Cl)nn1. The summed E-state index contributed by atoms with van der Waals surface area (Å²) < 4.78 is 0. The minimum absolute atomic E-state index is 0.0791. The minimum atomic E-state index is -0.434. The van der Waals surface area contributed by atoms with Crippen LogP contribution in [-0.2, 0) is 0 Å². The lowest BCUT2D eigenvalue weighted by atomic mass is 10.5.